The number of amides is 1. The number of ether oxygens (including phenoxy) is 1. The Morgan fingerprint density at radius 3 is 2.71 bits per heavy atom. The maximum Gasteiger partial charge on any atom is 0.257 e. The number of benzene rings is 1. The Morgan fingerprint density at radius 1 is 1.47 bits per heavy atom. The molecular weight excluding hydrogens is 350 g/mol. The van der Waals surface area contributed by atoms with E-state index in [0.717, 1.165) is 9.80 Å². The highest BCUT2D eigenvalue weighted by molar-refractivity contribution is 9.10. The van der Waals surface area contributed by atoms with Crippen molar-refractivity contribution < 1.29 is 9.53 Å². The average molecular weight is 365 g/mol. The number of methoxy groups -OCH3 is 1. The van der Waals surface area contributed by atoms with Crippen LogP contribution < -0.4 is 4.74 Å². The van der Waals surface area contributed by atoms with Gasteiger partial charge in [0.05, 0.1) is 12.7 Å². The van der Waals surface area contributed by atoms with Gasteiger partial charge in [0.1, 0.15) is 5.75 Å². The van der Waals surface area contributed by atoms with Crippen LogP contribution >= 0.6 is 31.9 Å². The second-order valence-electron chi connectivity index (χ2n) is 3.42. The lowest BCUT2D eigenvalue weighted by atomic mass is 10.1. The van der Waals surface area contributed by atoms with E-state index in [1.165, 1.54) is 0 Å². The van der Waals surface area contributed by atoms with Crippen LogP contribution in [0.1, 0.15) is 17.3 Å². The number of halogens is 2. The van der Waals surface area contributed by atoms with Gasteiger partial charge >= 0.3 is 0 Å². The van der Waals surface area contributed by atoms with Crippen molar-refractivity contribution in [2.45, 2.75) is 6.92 Å². The van der Waals surface area contributed by atoms with Gasteiger partial charge in [-0.1, -0.05) is 31.9 Å². The minimum absolute atomic E-state index is 0.00343. The smallest absolute Gasteiger partial charge is 0.257 e. The van der Waals surface area contributed by atoms with Gasteiger partial charge in [-0.25, -0.2) is 0 Å². The summed E-state index contributed by atoms with van der Waals surface area (Å²) in [4.78, 5) is 14.0. The van der Waals surface area contributed by atoms with Crippen molar-refractivity contribution >= 4 is 37.8 Å². The topological polar surface area (TPSA) is 29.5 Å². The summed E-state index contributed by atoms with van der Waals surface area (Å²) >= 11 is 6.70. The highest BCUT2D eigenvalue weighted by Gasteiger charge is 2.17. The number of rotatable bonds is 5. The standard InChI is InChI=1S/C12H15Br2NO2/c1-3-15(7-6-13)12(16)10-5-4-9(14)8-11(10)17-2/h4-5,8H,3,6-7H2,1-2H3. The van der Waals surface area contributed by atoms with Crippen molar-refractivity contribution in [2.24, 2.45) is 0 Å². The first-order chi connectivity index (χ1) is 8.13. The van der Waals surface area contributed by atoms with Crippen LogP contribution in [0.25, 0.3) is 0 Å². The van der Waals surface area contributed by atoms with E-state index in [1.54, 1.807) is 24.1 Å². The molecule has 0 aromatic heterocycles. The predicted molar refractivity (Wildman–Crippen MR) is 76.1 cm³/mol. The molecule has 0 aliphatic carbocycles. The zero-order chi connectivity index (χ0) is 12.8. The Labute approximate surface area is 118 Å². The molecule has 94 valence electrons. The van der Waals surface area contributed by atoms with Crippen LogP contribution in [0.3, 0.4) is 0 Å². The van der Waals surface area contributed by atoms with Crippen molar-refractivity contribution in [2.75, 3.05) is 25.5 Å². The molecule has 0 heterocycles. The van der Waals surface area contributed by atoms with Gasteiger partial charge in [0, 0.05) is 22.9 Å². The molecule has 0 bridgehead atoms. The summed E-state index contributed by atoms with van der Waals surface area (Å²) in [6.07, 6.45) is 0. The minimum atomic E-state index is -0.00343. The van der Waals surface area contributed by atoms with Crippen LogP contribution in [0.4, 0.5) is 0 Å². The molecule has 0 radical (unpaired) electrons. The monoisotopic (exact) mass is 363 g/mol. The largest absolute Gasteiger partial charge is 0.496 e. The summed E-state index contributed by atoms with van der Waals surface area (Å²) in [5.74, 6) is 0.591. The second kappa shape index (κ2) is 7.01. The fourth-order valence-corrected chi connectivity index (χ4v) is 2.29. The quantitative estimate of drug-likeness (QED) is 0.750. The SMILES string of the molecule is CCN(CCBr)C(=O)c1ccc(Br)cc1OC. The number of hydrogen-bond donors (Lipinski definition) is 0. The molecule has 1 aromatic carbocycles. The Morgan fingerprint density at radius 2 is 2.18 bits per heavy atom. The average Bonchev–Trinajstić information content (AvgIpc) is 2.34. The molecule has 0 unspecified atom stereocenters. The van der Waals surface area contributed by atoms with Gasteiger partial charge in [0.2, 0.25) is 0 Å². The van der Waals surface area contributed by atoms with Crippen molar-refractivity contribution in [1.29, 1.82) is 0 Å². The van der Waals surface area contributed by atoms with E-state index in [4.69, 9.17) is 4.74 Å². The molecule has 0 aliphatic rings. The third-order valence-electron chi connectivity index (χ3n) is 2.42. The van der Waals surface area contributed by atoms with Gasteiger partial charge in [-0.3, -0.25) is 4.79 Å². The second-order valence-corrected chi connectivity index (χ2v) is 5.13. The molecule has 1 rings (SSSR count). The van der Waals surface area contributed by atoms with Crippen LogP contribution in [-0.2, 0) is 0 Å². The van der Waals surface area contributed by atoms with Gasteiger partial charge in [-0.2, -0.15) is 0 Å². The van der Waals surface area contributed by atoms with E-state index in [9.17, 15) is 4.79 Å². The van der Waals surface area contributed by atoms with E-state index in [2.05, 4.69) is 31.9 Å². The molecule has 0 saturated carbocycles. The van der Waals surface area contributed by atoms with Crippen molar-refractivity contribution in [3.63, 3.8) is 0 Å². The molecule has 0 spiro atoms. The van der Waals surface area contributed by atoms with Gasteiger partial charge in [0.15, 0.2) is 0 Å². The highest BCUT2D eigenvalue weighted by Crippen LogP contribution is 2.24. The molecule has 17 heavy (non-hydrogen) atoms. The molecule has 0 N–H and O–H groups in total. The lowest BCUT2D eigenvalue weighted by Crippen LogP contribution is -2.32. The van der Waals surface area contributed by atoms with Gasteiger partial charge < -0.3 is 9.64 Å². The summed E-state index contributed by atoms with van der Waals surface area (Å²) in [6.45, 7) is 3.34. The Balaban J connectivity index is 3.02. The normalized spacial score (nSPS) is 10.1. The summed E-state index contributed by atoms with van der Waals surface area (Å²) in [6, 6.07) is 5.43. The third-order valence-corrected chi connectivity index (χ3v) is 3.27. The zero-order valence-electron chi connectivity index (χ0n) is 9.87. The van der Waals surface area contributed by atoms with Crippen molar-refractivity contribution in [1.82, 2.24) is 4.90 Å². The van der Waals surface area contributed by atoms with Crippen LogP contribution in [0.15, 0.2) is 22.7 Å². The van der Waals surface area contributed by atoms with Crippen LogP contribution in [0, 0.1) is 0 Å². The third kappa shape index (κ3) is 3.71. The maximum absolute atomic E-state index is 12.3. The zero-order valence-corrected chi connectivity index (χ0v) is 13.0. The molecule has 0 atom stereocenters. The van der Waals surface area contributed by atoms with E-state index in [0.29, 0.717) is 24.4 Å². The van der Waals surface area contributed by atoms with E-state index < -0.39 is 0 Å². The summed E-state index contributed by atoms with van der Waals surface area (Å²) < 4.78 is 6.13. The predicted octanol–water partition coefficient (Wildman–Crippen LogP) is 3.31. The first-order valence-corrected chi connectivity index (χ1v) is 7.24. The molecule has 1 aromatic rings. The van der Waals surface area contributed by atoms with Gasteiger partial charge in [0.25, 0.3) is 5.91 Å². The minimum Gasteiger partial charge on any atom is -0.496 e. The molecule has 1 amide bonds. The van der Waals surface area contributed by atoms with E-state index in [1.807, 2.05) is 13.0 Å². The van der Waals surface area contributed by atoms with Crippen molar-refractivity contribution in [3.8, 4) is 5.75 Å². The van der Waals surface area contributed by atoms with Crippen molar-refractivity contribution in [3.05, 3.63) is 28.2 Å². The number of carbonyl (C=O) groups is 1. The first-order valence-electron chi connectivity index (χ1n) is 5.32. The summed E-state index contributed by atoms with van der Waals surface area (Å²) in [5.41, 5.74) is 0.596. The van der Waals surface area contributed by atoms with Crippen LogP contribution in [-0.4, -0.2) is 36.3 Å². The Bertz CT molecular complexity index is 396. The lowest BCUT2D eigenvalue weighted by molar-refractivity contribution is 0.0771. The molecule has 0 aliphatic heterocycles. The molecular formula is C12H15Br2NO2. The van der Waals surface area contributed by atoms with Crippen LogP contribution in [0.2, 0.25) is 0 Å². The fraction of sp³-hybridized carbons (Fsp3) is 0.417. The van der Waals surface area contributed by atoms with Gasteiger partial charge in [-0.15, -0.1) is 0 Å². The van der Waals surface area contributed by atoms with Gasteiger partial charge in [-0.05, 0) is 25.1 Å². The summed E-state index contributed by atoms with van der Waals surface area (Å²) in [7, 11) is 1.57. The Kier molecular flexibility index (Phi) is 5.98. The Hall–Kier alpha value is -0.550. The maximum atomic E-state index is 12.3. The number of carbonyl (C=O) groups excluding carboxylic acids is 1. The number of hydrogen-bond acceptors (Lipinski definition) is 2. The molecule has 0 fully saturated rings. The van der Waals surface area contributed by atoms with Crippen LogP contribution in [0.5, 0.6) is 5.75 Å². The molecule has 5 heteroatoms. The van der Waals surface area contributed by atoms with E-state index >= 15 is 0 Å². The summed E-state index contributed by atoms with van der Waals surface area (Å²) in [5, 5.41) is 0.769. The molecule has 3 nitrogen and oxygen atoms in total. The lowest BCUT2D eigenvalue weighted by Gasteiger charge is -2.20. The molecule has 0 saturated heterocycles. The fourth-order valence-electron chi connectivity index (χ4n) is 1.52. The van der Waals surface area contributed by atoms with E-state index in [-0.39, 0.29) is 5.91 Å². The number of alkyl halides is 1. The highest BCUT2D eigenvalue weighted by atomic mass is 79.9. The number of nitrogens with zero attached hydrogens (tertiary/aromatic N) is 1. The first kappa shape index (κ1) is 14.5.